The van der Waals surface area contributed by atoms with E-state index in [1.807, 2.05) is 60.7 Å². The van der Waals surface area contributed by atoms with E-state index in [-0.39, 0.29) is 36.2 Å². The Hall–Kier alpha value is -4.70. The Kier molecular flexibility index (Phi) is 11.3. The number of amides is 2. The topological polar surface area (TPSA) is 96.0 Å². The molecule has 1 N–H and O–H groups in total. The number of nitrogens with one attached hydrogen (secondary N) is 1. The number of carbonyl (C=O) groups excluding carboxylic acids is 2. The highest BCUT2D eigenvalue weighted by Crippen LogP contribution is 2.25. The third kappa shape index (κ3) is 9.42. The Morgan fingerprint density at radius 2 is 1.45 bits per heavy atom. The molecule has 246 valence electrons. The summed E-state index contributed by atoms with van der Waals surface area (Å²) in [4.78, 5) is 29.5. The van der Waals surface area contributed by atoms with Crippen LogP contribution in [0.2, 0.25) is 0 Å². The maximum Gasteiger partial charge on any atom is 0.244 e. The first-order valence-electron chi connectivity index (χ1n) is 15.8. The summed E-state index contributed by atoms with van der Waals surface area (Å²) in [5.41, 5.74) is 2.28. The largest absolute Gasteiger partial charge is 0.489 e. The molecule has 0 aromatic heterocycles. The van der Waals surface area contributed by atoms with Crippen LogP contribution in [0.5, 0.6) is 5.75 Å². The van der Waals surface area contributed by atoms with E-state index in [4.69, 9.17) is 4.74 Å². The van der Waals surface area contributed by atoms with Gasteiger partial charge in [-0.25, -0.2) is 12.8 Å². The van der Waals surface area contributed by atoms with E-state index in [0.717, 1.165) is 47.4 Å². The maximum atomic E-state index is 15.0. The molecule has 0 unspecified atom stereocenters. The fourth-order valence-electron chi connectivity index (χ4n) is 5.79. The van der Waals surface area contributed by atoms with Gasteiger partial charge in [0, 0.05) is 24.6 Å². The molecular formula is C37H40FN3O5S. The Morgan fingerprint density at radius 1 is 0.851 bits per heavy atom. The van der Waals surface area contributed by atoms with Gasteiger partial charge >= 0.3 is 0 Å². The number of rotatable bonds is 14. The van der Waals surface area contributed by atoms with E-state index in [1.165, 1.54) is 11.0 Å². The van der Waals surface area contributed by atoms with Crippen LogP contribution in [0, 0.1) is 5.82 Å². The van der Waals surface area contributed by atoms with Crippen LogP contribution >= 0.6 is 0 Å². The van der Waals surface area contributed by atoms with Crippen LogP contribution in [0.1, 0.15) is 42.4 Å². The van der Waals surface area contributed by atoms with Crippen molar-refractivity contribution < 1.29 is 27.1 Å². The zero-order chi connectivity index (χ0) is 33.2. The number of carbonyl (C=O) groups is 2. The normalized spacial score (nSPS) is 13.9. The highest BCUT2D eigenvalue weighted by Gasteiger charge is 2.34. The van der Waals surface area contributed by atoms with Gasteiger partial charge in [0.15, 0.2) is 0 Å². The molecule has 0 heterocycles. The zero-order valence-electron chi connectivity index (χ0n) is 26.4. The predicted molar refractivity (Wildman–Crippen MR) is 181 cm³/mol. The van der Waals surface area contributed by atoms with Crippen molar-refractivity contribution >= 4 is 27.5 Å². The second-order valence-corrected chi connectivity index (χ2v) is 13.8. The minimum Gasteiger partial charge on any atom is -0.489 e. The molecule has 8 nitrogen and oxygen atoms in total. The van der Waals surface area contributed by atoms with Crippen LogP contribution in [-0.2, 0) is 39.2 Å². The SMILES string of the molecule is CS(=O)(=O)N(CC(=O)N(Cc1ccccc1F)[C@@H](Cc1ccccc1)C(=O)NC1CCCC1)c1ccc(OCc2ccccc2)cc1. The average molecular weight is 658 g/mol. The minimum atomic E-state index is -3.95. The second kappa shape index (κ2) is 15.7. The molecule has 0 spiro atoms. The van der Waals surface area contributed by atoms with E-state index in [9.17, 15) is 18.0 Å². The van der Waals surface area contributed by atoms with Crippen molar-refractivity contribution in [3.05, 3.63) is 132 Å². The molecule has 0 bridgehead atoms. The summed E-state index contributed by atoms with van der Waals surface area (Å²) in [5.74, 6) is -0.974. The molecule has 1 saturated carbocycles. The molecule has 0 saturated heterocycles. The van der Waals surface area contributed by atoms with Crippen LogP contribution in [0.15, 0.2) is 109 Å². The molecule has 10 heteroatoms. The lowest BCUT2D eigenvalue weighted by atomic mass is 10.0. The number of nitrogens with zero attached hydrogens (tertiary/aromatic N) is 2. The summed E-state index contributed by atoms with van der Waals surface area (Å²) in [5, 5.41) is 3.11. The first kappa shape index (κ1) is 33.7. The quantitative estimate of drug-likeness (QED) is 0.183. The lowest BCUT2D eigenvalue weighted by Gasteiger charge is -2.34. The number of halogens is 1. The van der Waals surface area contributed by atoms with Crippen molar-refractivity contribution in [3.8, 4) is 5.75 Å². The highest BCUT2D eigenvalue weighted by molar-refractivity contribution is 7.92. The number of hydrogen-bond acceptors (Lipinski definition) is 5. The van der Waals surface area contributed by atoms with E-state index in [1.54, 1.807) is 42.5 Å². The summed E-state index contributed by atoms with van der Waals surface area (Å²) in [6.45, 7) is -0.463. The van der Waals surface area contributed by atoms with Crippen molar-refractivity contribution in [1.29, 1.82) is 0 Å². The summed E-state index contributed by atoms with van der Waals surface area (Å²) < 4.78 is 48.1. The molecule has 1 atom stereocenters. The fraction of sp³-hybridized carbons (Fsp3) is 0.297. The molecular weight excluding hydrogens is 617 g/mol. The fourth-order valence-corrected chi connectivity index (χ4v) is 6.64. The Morgan fingerprint density at radius 3 is 2.06 bits per heavy atom. The maximum absolute atomic E-state index is 15.0. The number of sulfonamides is 1. The van der Waals surface area contributed by atoms with Gasteiger partial charge < -0.3 is 15.0 Å². The molecule has 0 aliphatic heterocycles. The summed E-state index contributed by atoms with van der Waals surface area (Å²) >= 11 is 0. The van der Waals surface area contributed by atoms with Crippen molar-refractivity contribution in [2.24, 2.45) is 0 Å². The van der Waals surface area contributed by atoms with Crippen LogP contribution in [-0.4, -0.2) is 50.0 Å². The van der Waals surface area contributed by atoms with Crippen LogP contribution in [0.3, 0.4) is 0 Å². The minimum absolute atomic E-state index is 0.0127. The summed E-state index contributed by atoms with van der Waals surface area (Å²) in [6, 6.07) is 30.4. The van der Waals surface area contributed by atoms with Gasteiger partial charge in [0.05, 0.1) is 11.9 Å². The number of anilines is 1. The monoisotopic (exact) mass is 657 g/mol. The molecule has 0 radical (unpaired) electrons. The molecule has 1 aliphatic carbocycles. The average Bonchev–Trinajstić information content (AvgIpc) is 3.59. The summed E-state index contributed by atoms with van der Waals surface area (Å²) in [6.07, 6.45) is 4.90. The van der Waals surface area contributed by atoms with Gasteiger partial charge in [0.25, 0.3) is 0 Å². The first-order valence-corrected chi connectivity index (χ1v) is 17.6. The molecule has 5 rings (SSSR count). The molecule has 1 aliphatic rings. The van der Waals surface area contributed by atoms with Crippen molar-refractivity contribution in [3.63, 3.8) is 0 Å². The Balaban J connectivity index is 1.43. The van der Waals surface area contributed by atoms with Gasteiger partial charge in [0.2, 0.25) is 21.8 Å². The standard InChI is InChI=1S/C37H40FN3O5S/c1-47(44,45)41(32-20-22-33(23-21-32)46-27-29-14-6-3-7-15-29)26-36(42)40(25-30-16-8-11-19-34(30)38)35(24-28-12-4-2-5-13-28)37(43)39-31-17-9-10-18-31/h2-8,11-16,19-23,31,35H,9-10,17-18,24-27H2,1H3,(H,39,43)/t35-/m0/s1. The third-order valence-corrected chi connectivity index (χ3v) is 9.46. The van der Waals surface area contributed by atoms with Crippen molar-refractivity contribution in [1.82, 2.24) is 10.2 Å². The van der Waals surface area contributed by atoms with Crippen molar-refractivity contribution in [2.75, 3.05) is 17.1 Å². The van der Waals surface area contributed by atoms with Gasteiger partial charge in [-0.1, -0.05) is 91.7 Å². The smallest absolute Gasteiger partial charge is 0.244 e. The number of hydrogen-bond donors (Lipinski definition) is 1. The van der Waals surface area contributed by atoms with E-state index in [2.05, 4.69) is 5.32 Å². The van der Waals surface area contributed by atoms with Crippen LogP contribution in [0.25, 0.3) is 0 Å². The van der Waals surface area contributed by atoms with E-state index < -0.39 is 34.3 Å². The van der Waals surface area contributed by atoms with Gasteiger partial charge in [-0.05, 0) is 54.3 Å². The zero-order valence-corrected chi connectivity index (χ0v) is 27.2. The molecule has 4 aromatic carbocycles. The third-order valence-electron chi connectivity index (χ3n) is 8.32. The molecule has 4 aromatic rings. The van der Waals surface area contributed by atoms with Crippen LogP contribution in [0.4, 0.5) is 10.1 Å². The van der Waals surface area contributed by atoms with Crippen molar-refractivity contribution in [2.45, 2.75) is 57.3 Å². The van der Waals surface area contributed by atoms with Crippen LogP contribution < -0.4 is 14.4 Å². The second-order valence-electron chi connectivity index (χ2n) is 11.8. The lowest BCUT2D eigenvalue weighted by molar-refractivity contribution is -0.140. The summed E-state index contributed by atoms with van der Waals surface area (Å²) in [7, 11) is -3.95. The Labute approximate surface area is 276 Å². The van der Waals surface area contributed by atoms with E-state index in [0.29, 0.717) is 12.4 Å². The highest BCUT2D eigenvalue weighted by atomic mass is 32.2. The molecule has 47 heavy (non-hydrogen) atoms. The molecule has 1 fully saturated rings. The van der Waals surface area contributed by atoms with Gasteiger partial charge in [-0.15, -0.1) is 0 Å². The number of benzene rings is 4. The Bertz CT molecular complexity index is 1730. The predicted octanol–water partition coefficient (Wildman–Crippen LogP) is 5.87. The van der Waals surface area contributed by atoms with Gasteiger partial charge in [0.1, 0.15) is 30.8 Å². The first-order chi connectivity index (χ1) is 22.7. The lowest BCUT2D eigenvalue weighted by Crippen LogP contribution is -2.54. The van der Waals surface area contributed by atoms with E-state index >= 15 is 4.39 Å². The molecule has 2 amide bonds. The number of ether oxygens (including phenoxy) is 1. The van der Waals surface area contributed by atoms with Gasteiger partial charge in [-0.3, -0.25) is 13.9 Å². The van der Waals surface area contributed by atoms with Gasteiger partial charge in [-0.2, -0.15) is 0 Å².